The van der Waals surface area contributed by atoms with E-state index >= 15 is 0 Å². The SMILES string of the molecule is CN(C(=O)CC(=O)N1CCN(c2ccccc2)CC1)C1CCS(=O)(=O)C1. The highest BCUT2D eigenvalue weighted by atomic mass is 32.2. The van der Waals surface area contributed by atoms with E-state index in [1.807, 2.05) is 30.3 Å². The first kappa shape index (κ1) is 18.7. The molecule has 0 radical (unpaired) electrons. The summed E-state index contributed by atoms with van der Waals surface area (Å²) in [5, 5.41) is 0. The Labute approximate surface area is 154 Å². The molecule has 142 valence electrons. The van der Waals surface area contributed by atoms with Crippen molar-refractivity contribution in [3.8, 4) is 0 Å². The third-order valence-corrected chi connectivity index (χ3v) is 6.96. The summed E-state index contributed by atoms with van der Waals surface area (Å²) in [4.78, 5) is 30.2. The van der Waals surface area contributed by atoms with E-state index in [1.165, 1.54) is 4.90 Å². The first-order chi connectivity index (χ1) is 12.4. The monoisotopic (exact) mass is 379 g/mol. The predicted molar refractivity (Wildman–Crippen MR) is 99.7 cm³/mol. The van der Waals surface area contributed by atoms with Gasteiger partial charge >= 0.3 is 0 Å². The van der Waals surface area contributed by atoms with Crippen LogP contribution in [0, 0.1) is 0 Å². The van der Waals surface area contributed by atoms with Gasteiger partial charge in [-0.05, 0) is 18.6 Å². The number of anilines is 1. The van der Waals surface area contributed by atoms with Gasteiger partial charge < -0.3 is 14.7 Å². The molecule has 7 nitrogen and oxygen atoms in total. The summed E-state index contributed by atoms with van der Waals surface area (Å²) in [7, 11) is -1.46. The van der Waals surface area contributed by atoms with Gasteiger partial charge in [-0.25, -0.2) is 8.42 Å². The van der Waals surface area contributed by atoms with Gasteiger partial charge in [-0.15, -0.1) is 0 Å². The smallest absolute Gasteiger partial charge is 0.232 e. The number of para-hydroxylation sites is 1. The van der Waals surface area contributed by atoms with E-state index in [9.17, 15) is 18.0 Å². The summed E-state index contributed by atoms with van der Waals surface area (Å²) >= 11 is 0. The number of piperazine rings is 1. The van der Waals surface area contributed by atoms with Crippen molar-refractivity contribution in [2.24, 2.45) is 0 Å². The van der Waals surface area contributed by atoms with E-state index in [0.29, 0.717) is 19.5 Å². The van der Waals surface area contributed by atoms with Crippen molar-refractivity contribution in [2.75, 3.05) is 49.6 Å². The predicted octanol–water partition coefficient (Wildman–Crippen LogP) is 0.371. The summed E-state index contributed by atoms with van der Waals surface area (Å²) in [6.45, 7) is 2.65. The molecule has 0 bridgehead atoms. The maximum absolute atomic E-state index is 12.4. The van der Waals surface area contributed by atoms with Crippen LogP contribution >= 0.6 is 0 Å². The van der Waals surface area contributed by atoms with Gasteiger partial charge in [-0.1, -0.05) is 18.2 Å². The number of nitrogens with zero attached hydrogens (tertiary/aromatic N) is 3. The lowest BCUT2D eigenvalue weighted by atomic mass is 10.2. The first-order valence-electron chi connectivity index (χ1n) is 8.89. The van der Waals surface area contributed by atoms with Gasteiger partial charge in [0.2, 0.25) is 11.8 Å². The largest absolute Gasteiger partial charge is 0.368 e. The second-order valence-corrected chi connectivity index (χ2v) is 9.17. The molecule has 2 aliphatic heterocycles. The maximum Gasteiger partial charge on any atom is 0.232 e. The normalized spacial score (nSPS) is 22.3. The lowest BCUT2D eigenvalue weighted by molar-refractivity contribution is -0.141. The lowest BCUT2D eigenvalue weighted by Crippen LogP contribution is -2.50. The molecule has 2 amide bonds. The van der Waals surface area contributed by atoms with Gasteiger partial charge in [0, 0.05) is 45.0 Å². The van der Waals surface area contributed by atoms with E-state index in [1.54, 1.807) is 11.9 Å². The number of sulfone groups is 1. The van der Waals surface area contributed by atoms with Crippen LogP contribution < -0.4 is 4.90 Å². The highest BCUT2D eigenvalue weighted by Crippen LogP contribution is 2.18. The van der Waals surface area contributed by atoms with Crippen molar-refractivity contribution in [2.45, 2.75) is 18.9 Å². The van der Waals surface area contributed by atoms with Gasteiger partial charge in [-0.2, -0.15) is 0 Å². The number of amides is 2. The molecule has 1 unspecified atom stereocenters. The molecule has 0 saturated carbocycles. The second-order valence-electron chi connectivity index (χ2n) is 6.94. The Hall–Kier alpha value is -2.09. The maximum atomic E-state index is 12.4. The number of benzene rings is 1. The van der Waals surface area contributed by atoms with Crippen LogP contribution in [-0.2, 0) is 19.4 Å². The molecule has 0 aliphatic carbocycles. The molecule has 1 aromatic carbocycles. The standard InChI is InChI=1S/C18H25N3O4S/c1-19(16-7-12-26(24,25)14-16)17(22)13-18(23)21-10-8-20(9-11-21)15-5-3-2-4-6-15/h2-6,16H,7-14H2,1H3. The van der Waals surface area contributed by atoms with E-state index in [2.05, 4.69) is 4.90 Å². The number of hydrogen-bond donors (Lipinski definition) is 0. The van der Waals surface area contributed by atoms with Crippen LogP contribution in [0.15, 0.2) is 30.3 Å². The van der Waals surface area contributed by atoms with Crippen LogP contribution in [-0.4, -0.2) is 80.8 Å². The Kier molecular flexibility index (Phi) is 5.50. The molecule has 2 aliphatic rings. The Bertz CT molecular complexity index is 758. The lowest BCUT2D eigenvalue weighted by Gasteiger charge is -2.36. The highest BCUT2D eigenvalue weighted by Gasteiger charge is 2.33. The van der Waals surface area contributed by atoms with E-state index in [0.717, 1.165) is 18.8 Å². The van der Waals surface area contributed by atoms with E-state index < -0.39 is 9.84 Å². The van der Waals surface area contributed by atoms with Crippen molar-refractivity contribution >= 4 is 27.3 Å². The quantitative estimate of drug-likeness (QED) is 0.707. The fourth-order valence-electron chi connectivity index (χ4n) is 3.50. The average Bonchev–Trinajstić information content (AvgIpc) is 3.01. The summed E-state index contributed by atoms with van der Waals surface area (Å²) in [6.07, 6.45) is 0.257. The molecule has 1 aromatic rings. The zero-order chi connectivity index (χ0) is 18.7. The van der Waals surface area contributed by atoms with Gasteiger partial charge in [0.05, 0.1) is 11.5 Å². The van der Waals surface area contributed by atoms with Gasteiger partial charge in [0.25, 0.3) is 0 Å². The van der Waals surface area contributed by atoms with E-state index in [4.69, 9.17) is 0 Å². The molecule has 1 atom stereocenters. The number of carbonyl (C=O) groups is 2. The van der Waals surface area contributed by atoms with Crippen molar-refractivity contribution in [1.29, 1.82) is 0 Å². The van der Waals surface area contributed by atoms with Crippen molar-refractivity contribution in [3.63, 3.8) is 0 Å². The van der Waals surface area contributed by atoms with Crippen LogP contribution in [0.25, 0.3) is 0 Å². The first-order valence-corrected chi connectivity index (χ1v) is 10.7. The third kappa shape index (κ3) is 4.35. The number of carbonyl (C=O) groups excluding carboxylic acids is 2. The topological polar surface area (TPSA) is 78.0 Å². The molecule has 2 heterocycles. The van der Waals surface area contributed by atoms with Gasteiger partial charge in [0.15, 0.2) is 9.84 Å². The Morgan fingerprint density at radius 3 is 2.35 bits per heavy atom. The number of hydrogen-bond acceptors (Lipinski definition) is 5. The molecule has 3 rings (SSSR count). The van der Waals surface area contributed by atoms with Crippen LogP contribution in [0.2, 0.25) is 0 Å². The Morgan fingerprint density at radius 1 is 1.12 bits per heavy atom. The second kappa shape index (κ2) is 7.65. The van der Waals surface area contributed by atoms with Gasteiger partial charge in [-0.3, -0.25) is 9.59 Å². The summed E-state index contributed by atoms with van der Waals surface area (Å²) in [5.74, 6) is -0.373. The summed E-state index contributed by atoms with van der Waals surface area (Å²) < 4.78 is 23.1. The highest BCUT2D eigenvalue weighted by molar-refractivity contribution is 7.91. The third-order valence-electron chi connectivity index (χ3n) is 5.21. The molecule has 8 heteroatoms. The fraction of sp³-hybridized carbons (Fsp3) is 0.556. The Morgan fingerprint density at radius 2 is 1.77 bits per heavy atom. The van der Waals surface area contributed by atoms with Crippen molar-refractivity contribution < 1.29 is 18.0 Å². The van der Waals surface area contributed by atoms with Crippen LogP contribution in [0.3, 0.4) is 0 Å². The molecule has 0 spiro atoms. The van der Waals surface area contributed by atoms with Crippen LogP contribution in [0.5, 0.6) is 0 Å². The molecular weight excluding hydrogens is 354 g/mol. The molecular formula is C18H25N3O4S. The minimum Gasteiger partial charge on any atom is -0.368 e. The zero-order valence-electron chi connectivity index (χ0n) is 15.0. The minimum absolute atomic E-state index is 0.000813. The fourth-order valence-corrected chi connectivity index (χ4v) is 5.28. The van der Waals surface area contributed by atoms with E-state index in [-0.39, 0.29) is 35.8 Å². The van der Waals surface area contributed by atoms with Crippen LogP contribution in [0.4, 0.5) is 5.69 Å². The minimum atomic E-state index is -3.05. The number of rotatable bonds is 4. The zero-order valence-corrected chi connectivity index (χ0v) is 15.8. The Balaban J connectivity index is 1.49. The molecule has 26 heavy (non-hydrogen) atoms. The summed E-state index contributed by atoms with van der Waals surface area (Å²) in [6, 6.07) is 9.74. The summed E-state index contributed by atoms with van der Waals surface area (Å²) in [5.41, 5.74) is 1.14. The van der Waals surface area contributed by atoms with Crippen molar-refractivity contribution in [3.05, 3.63) is 30.3 Å². The molecule has 2 fully saturated rings. The average molecular weight is 379 g/mol. The molecule has 2 saturated heterocycles. The van der Waals surface area contributed by atoms with Crippen molar-refractivity contribution in [1.82, 2.24) is 9.80 Å². The van der Waals surface area contributed by atoms with Crippen LogP contribution in [0.1, 0.15) is 12.8 Å². The molecule has 0 aromatic heterocycles. The van der Waals surface area contributed by atoms with Gasteiger partial charge in [0.1, 0.15) is 6.42 Å². The molecule has 0 N–H and O–H groups in total.